The van der Waals surface area contributed by atoms with Gasteiger partial charge in [-0.3, -0.25) is 0 Å². The zero-order valence-corrected chi connectivity index (χ0v) is 10.3. The van der Waals surface area contributed by atoms with Crippen molar-refractivity contribution in [3.63, 3.8) is 0 Å². The van der Waals surface area contributed by atoms with Gasteiger partial charge in [0.05, 0.1) is 16.6 Å². The van der Waals surface area contributed by atoms with Gasteiger partial charge in [0, 0.05) is 5.39 Å². The van der Waals surface area contributed by atoms with Crippen LogP contribution in [0, 0.1) is 22.7 Å². The van der Waals surface area contributed by atoms with Gasteiger partial charge in [-0.25, -0.2) is 4.79 Å². The van der Waals surface area contributed by atoms with Gasteiger partial charge in [0.15, 0.2) is 0 Å². The van der Waals surface area contributed by atoms with Crippen LogP contribution in [0.1, 0.15) is 21.6 Å². The number of nitrogens with zero attached hydrogens (tertiary/aromatic N) is 3. The molecule has 0 amide bonds. The Morgan fingerprint density at radius 1 is 1.29 bits per heavy atom. The van der Waals surface area contributed by atoms with Crippen molar-refractivity contribution in [1.29, 1.82) is 10.5 Å². The molecule has 0 aliphatic carbocycles. The molecular formula is C13H6F3N3O2. The molecule has 1 aromatic heterocycles. The van der Waals surface area contributed by atoms with Crippen LogP contribution in [0.4, 0.5) is 13.2 Å². The molecule has 0 aliphatic heterocycles. The maximum absolute atomic E-state index is 12.6. The monoisotopic (exact) mass is 293 g/mol. The van der Waals surface area contributed by atoms with Gasteiger partial charge in [0.1, 0.15) is 24.4 Å². The Hall–Kier alpha value is -3.00. The summed E-state index contributed by atoms with van der Waals surface area (Å²) in [6.45, 7) is -1.49. The van der Waals surface area contributed by atoms with Crippen LogP contribution in [-0.4, -0.2) is 21.8 Å². The third-order valence-electron chi connectivity index (χ3n) is 2.87. The molecule has 0 unspecified atom stereocenters. The lowest BCUT2D eigenvalue weighted by Gasteiger charge is -2.11. The van der Waals surface area contributed by atoms with Gasteiger partial charge in [-0.05, 0) is 18.2 Å². The molecule has 0 bridgehead atoms. The number of fused-ring (bicyclic) bond motifs is 1. The largest absolute Gasteiger partial charge is 0.477 e. The molecular weight excluding hydrogens is 287 g/mol. The van der Waals surface area contributed by atoms with Crippen LogP contribution >= 0.6 is 0 Å². The first-order chi connectivity index (χ1) is 9.78. The molecule has 0 spiro atoms. The summed E-state index contributed by atoms with van der Waals surface area (Å²) in [5.74, 6) is -1.54. The number of benzene rings is 1. The molecule has 0 fully saturated rings. The van der Waals surface area contributed by atoms with Gasteiger partial charge in [-0.15, -0.1) is 0 Å². The Bertz CT molecular complexity index is 822. The summed E-state index contributed by atoms with van der Waals surface area (Å²) in [6, 6.07) is 6.84. The fraction of sp³-hybridized carbons (Fsp3) is 0.154. The summed E-state index contributed by atoms with van der Waals surface area (Å²) in [4.78, 5) is 11.1. The number of carboxylic acid groups (broad SMARTS) is 1. The maximum Gasteiger partial charge on any atom is 0.406 e. The summed E-state index contributed by atoms with van der Waals surface area (Å²) >= 11 is 0. The highest BCUT2D eigenvalue weighted by molar-refractivity contribution is 5.97. The fourth-order valence-corrected chi connectivity index (χ4v) is 2.07. The van der Waals surface area contributed by atoms with Crippen LogP contribution < -0.4 is 0 Å². The van der Waals surface area contributed by atoms with E-state index in [1.165, 1.54) is 12.1 Å². The van der Waals surface area contributed by atoms with Crippen molar-refractivity contribution in [2.24, 2.45) is 0 Å². The van der Waals surface area contributed by atoms with E-state index in [9.17, 15) is 18.0 Å². The van der Waals surface area contributed by atoms with Crippen molar-refractivity contribution in [2.75, 3.05) is 0 Å². The third kappa shape index (κ3) is 2.51. The lowest BCUT2D eigenvalue weighted by atomic mass is 10.1. The van der Waals surface area contributed by atoms with E-state index in [1.807, 2.05) is 0 Å². The average molecular weight is 293 g/mol. The highest BCUT2D eigenvalue weighted by Crippen LogP contribution is 2.29. The van der Waals surface area contributed by atoms with Crippen molar-refractivity contribution >= 4 is 16.9 Å². The number of hydrogen-bond donors (Lipinski definition) is 1. The predicted octanol–water partition coefficient (Wildman–Crippen LogP) is 2.65. The van der Waals surface area contributed by atoms with Crippen molar-refractivity contribution in [3.05, 3.63) is 35.0 Å². The van der Waals surface area contributed by atoms with E-state index in [2.05, 4.69) is 0 Å². The molecule has 0 radical (unpaired) electrons. The van der Waals surface area contributed by atoms with Crippen LogP contribution in [0.5, 0.6) is 0 Å². The van der Waals surface area contributed by atoms with Gasteiger partial charge in [0.2, 0.25) is 0 Å². The molecule has 2 aromatic rings. The molecule has 0 atom stereocenters. The summed E-state index contributed by atoms with van der Waals surface area (Å²) in [5.41, 5.74) is -0.807. The van der Waals surface area contributed by atoms with E-state index in [0.29, 0.717) is 4.57 Å². The number of aromatic carboxylic acids is 1. The molecule has 5 nitrogen and oxygen atoms in total. The van der Waals surface area contributed by atoms with Crippen molar-refractivity contribution in [2.45, 2.75) is 12.7 Å². The summed E-state index contributed by atoms with van der Waals surface area (Å²) in [7, 11) is 0. The number of carbonyl (C=O) groups is 1. The molecule has 1 N–H and O–H groups in total. The fourth-order valence-electron chi connectivity index (χ4n) is 2.07. The van der Waals surface area contributed by atoms with Crippen molar-refractivity contribution in [1.82, 2.24) is 4.57 Å². The third-order valence-corrected chi connectivity index (χ3v) is 2.87. The Balaban J connectivity index is 2.85. The predicted molar refractivity (Wildman–Crippen MR) is 64.4 cm³/mol. The van der Waals surface area contributed by atoms with Crippen LogP contribution in [0.15, 0.2) is 18.2 Å². The molecule has 8 heteroatoms. The first-order valence-corrected chi connectivity index (χ1v) is 5.55. The Kier molecular flexibility index (Phi) is 3.32. The second-order valence-corrected chi connectivity index (χ2v) is 4.18. The first kappa shape index (κ1) is 14.4. The Morgan fingerprint density at radius 2 is 1.95 bits per heavy atom. The van der Waals surface area contributed by atoms with E-state index in [4.69, 9.17) is 15.6 Å². The zero-order chi connectivity index (χ0) is 15.8. The number of halogens is 3. The summed E-state index contributed by atoms with van der Waals surface area (Å²) in [5, 5.41) is 26.9. The normalized spacial score (nSPS) is 11.1. The van der Waals surface area contributed by atoms with E-state index in [0.717, 1.165) is 6.07 Å². The highest BCUT2D eigenvalue weighted by Gasteiger charge is 2.31. The van der Waals surface area contributed by atoms with E-state index in [-0.39, 0.29) is 22.0 Å². The molecule has 0 aliphatic rings. The van der Waals surface area contributed by atoms with Gasteiger partial charge in [-0.2, -0.15) is 23.7 Å². The van der Waals surface area contributed by atoms with Crippen LogP contribution in [-0.2, 0) is 6.54 Å². The zero-order valence-electron chi connectivity index (χ0n) is 10.3. The molecule has 0 saturated carbocycles. The Labute approximate surface area is 116 Å². The van der Waals surface area contributed by atoms with Crippen LogP contribution in [0.2, 0.25) is 0 Å². The Morgan fingerprint density at radius 3 is 2.43 bits per heavy atom. The van der Waals surface area contributed by atoms with Crippen molar-refractivity contribution < 1.29 is 23.1 Å². The molecule has 1 heterocycles. The lowest BCUT2D eigenvalue weighted by Crippen LogP contribution is -2.20. The summed E-state index contributed by atoms with van der Waals surface area (Å²) < 4.78 is 38.3. The minimum absolute atomic E-state index is 0.0122. The molecule has 0 saturated heterocycles. The average Bonchev–Trinajstić information content (AvgIpc) is 2.74. The molecule has 106 valence electrons. The summed E-state index contributed by atoms with van der Waals surface area (Å²) in [6.07, 6.45) is -4.61. The van der Waals surface area contributed by atoms with Crippen LogP contribution in [0.25, 0.3) is 10.9 Å². The van der Waals surface area contributed by atoms with E-state index < -0.39 is 24.4 Å². The SMILES string of the molecule is N#Cc1ccc2c(cc(C(=O)O)n2CC(F)(F)F)c1C#N. The standard InChI is InChI=1S/C13H6F3N3O2/c14-13(15,16)6-19-10-2-1-7(4-17)9(5-18)8(10)3-11(19)12(20)21/h1-3H,6H2,(H,20,21). The number of alkyl halides is 3. The minimum atomic E-state index is -4.61. The van der Waals surface area contributed by atoms with Gasteiger partial charge in [-0.1, -0.05) is 0 Å². The number of rotatable bonds is 2. The van der Waals surface area contributed by atoms with Gasteiger partial charge in [0.25, 0.3) is 0 Å². The lowest BCUT2D eigenvalue weighted by molar-refractivity contribution is -0.140. The topological polar surface area (TPSA) is 89.8 Å². The second kappa shape index (κ2) is 4.84. The van der Waals surface area contributed by atoms with Gasteiger partial charge < -0.3 is 9.67 Å². The molecule has 21 heavy (non-hydrogen) atoms. The van der Waals surface area contributed by atoms with E-state index in [1.54, 1.807) is 12.1 Å². The second-order valence-electron chi connectivity index (χ2n) is 4.18. The van der Waals surface area contributed by atoms with Gasteiger partial charge >= 0.3 is 12.1 Å². The quantitative estimate of drug-likeness (QED) is 0.921. The number of carboxylic acids is 1. The first-order valence-electron chi connectivity index (χ1n) is 5.55. The van der Waals surface area contributed by atoms with Crippen molar-refractivity contribution in [3.8, 4) is 12.1 Å². The number of aromatic nitrogens is 1. The molecule has 2 rings (SSSR count). The smallest absolute Gasteiger partial charge is 0.406 e. The van der Waals surface area contributed by atoms with E-state index >= 15 is 0 Å². The number of hydrogen-bond acceptors (Lipinski definition) is 3. The number of nitriles is 2. The maximum atomic E-state index is 12.6. The minimum Gasteiger partial charge on any atom is -0.477 e. The highest BCUT2D eigenvalue weighted by atomic mass is 19.4. The molecule has 1 aromatic carbocycles. The van der Waals surface area contributed by atoms with Crippen LogP contribution in [0.3, 0.4) is 0 Å².